The summed E-state index contributed by atoms with van der Waals surface area (Å²) in [5, 5.41) is 7.49. The van der Waals surface area contributed by atoms with Crippen molar-refractivity contribution in [3.8, 4) is 0 Å². The number of rotatable bonds is 9. The van der Waals surface area contributed by atoms with Crippen LogP contribution in [0.2, 0.25) is 0 Å². The molecule has 0 radical (unpaired) electrons. The van der Waals surface area contributed by atoms with Crippen LogP contribution < -0.4 is 5.32 Å². The molecule has 5 nitrogen and oxygen atoms in total. The van der Waals surface area contributed by atoms with Crippen LogP contribution in [-0.2, 0) is 4.74 Å². The highest BCUT2D eigenvalue weighted by atomic mass is 16.5. The van der Waals surface area contributed by atoms with Crippen molar-refractivity contribution in [3.63, 3.8) is 0 Å². The fourth-order valence-electron chi connectivity index (χ4n) is 2.35. The van der Waals surface area contributed by atoms with E-state index in [9.17, 15) is 0 Å². The summed E-state index contributed by atoms with van der Waals surface area (Å²) in [4.78, 5) is 4.53. The zero-order valence-corrected chi connectivity index (χ0v) is 12.8. The van der Waals surface area contributed by atoms with E-state index in [0.717, 1.165) is 25.8 Å². The summed E-state index contributed by atoms with van der Waals surface area (Å²) < 4.78 is 10.8. The van der Waals surface area contributed by atoms with Gasteiger partial charge in [0.25, 0.3) is 0 Å². The van der Waals surface area contributed by atoms with Gasteiger partial charge in [0.05, 0.1) is 5.92 Å². The van der Waals surface area contributed by atoms with Gasteiger partial charge in [-0.2, -0.15) is 4.98 Å². The predicted octanol–water partition coefficient (Wildman–Crippen LogP) is 3.05. The SMILES string of the molecule is CCCC(OC)c1noc(C(CC)C(C)NCC)n1. The molecule has 0 aliphatic rings. The second-order valence-corrected chi connectivity index (χ2v) is 4.86. The van der Waals surface area contributed by atoms with Crippen molar-refractivity contribution in [2.24, 2.45) is 0 Å². The summed E-state index contributed by atoms with van der Waals surface area (Å²) in [6, 6.07) is 0.329. The zero-order valence-electron chi connectivity index (χ0n) is 12.8. The lowest BCUT2D eigenvalue weighted by atomic mass is 9.98. The smallest absolute Gasteiger partial charge is 0.231 e. The summed E-state index contributed by atoms with van der Waals surface area (Å²) in [5.74, 6) is 1.63. The highest BCUT2D eigenvalue weighted by Gasteiger charge is 2.25. The monoisotopic (exact) mass is 269 g/mol. The maximum absolute atomic E-state index is 5.43. The molecule has 0 aliphatic carbocycles. The molecule has 1 N–H and O–H groups in total. The Hall–Kier alpha value is -0.940. The Kier molecular flexibility index (Phi) is 7.02. The van der Waals surface area contributed by atoms with Crippen molar-refractivity contribution in [2.75, 3.05) is 13.7 Å². The van der Waals surface area contributed by atoms with Gasteiger partial charge in [0.1, 0.15) is 6.10 Å². The quantitative estimate of drug-likeness (QED) is 0.746. The molecule has 1 rings (SSSR count). The minimum absolute atomic E-state index is 0.0607. The van der Waals surface area contributed by atoms with Crippen LogP contribution in [0, 0.1) is 0 Å². The second-order valence-electron chi connectivity index (χ2n) is 4.86. The van der Waals surface area contributed by atoms with Crippen LogP contribution in [0.4, 0.5) is 0 Å². The normalized spacial score (nSPS) is 16.3. The minimum Gasteiger partial charge on any atom is -0.373 e. The van der Waals surface area contributed by atoms with E-state index in [0.29, 0.717) is 17.8 Å². The lowest BCUT2D eigenvalue weighted by Crippen LogP contribution is -2.31. The number of methoxy groups -OCH3 is 1. The van der Waals surface area contributed by atoms with Gasteiger partial charge in [-0.15, -0.1) is 0 Å². The molecule has 0 aliphatic heterocycles. The number of aromatic nitrogens is 2. The van der Waals surface area contributed by atoms with Gasteiger partial charge >= 0.3 is 0 Å². The topological polar surface area (TPSA) is 60.2 Å². The Balaban J connectivity index is 2.80. The molecule has 0 spiro atoms. The van der Waals surface area contributed by atoms with Crippen LogP contribution in [-0.4, -0.2) is 29.8 Å². The Morgan fingerprint density at radius 1 is 1.32 bits per heavy atom. The van der Waals surface area contributed by atoms with Crippen LogP contribution in [0.3, 0.4) is 0 Å². The molecule has 0 aromatic carbocycles. The number of nitrogens with one attached hydrogen (secondary N) is 1. The maximum Gasteiger partial charge on any atom is 0.231 e. The highest BCUT2D eigenvalue weighted by Crippen LogP contribution is 2.25. The molecule has 0 fully saturated rings. The van der Waals surface area contributed by atoms with Gasteiger partial charge in [-0.05, 0) is 26.3 Å². The standard InChI is InChI=1S/C14H27N3O2/c1-6-9-12(18-5)13-16-14(19-17-13)11(7-2)10(4)15-8-3/h10-12,15H,6-9H2,1-5H3. The van der Waals surface area contributed by atoms with Gasteiger partial charge in [-0.3, -0.25) is 0 Å². The number of nitrogens with zero attached hydrogens (tertiary/aromatic N) is 2. The van der Waals surface area contributed by atoms with E-state index in [1.807, 2.05) is 0 Å². The van der Waals surface area contributed by atoms with Gasteiger partial charge in [-0.1, -0.05) is 32.3 Å². The van der Waals surface area contributed by atoms with E-state index in [1.54, 1.807) is 7.11 Å². The number of likely N-dealkylation sites (N-methyl/N-ethyl adjacent to an activating group) is 1. The van der Waals surface area contributed by atoms with E-state index in [4.69, 9.17) is 9.26 Å². The van der Waals surface area contributed by atoms with Crippen LogP contribution in [0.25, 0.3) is 0 Å². The van der Waals surface area contributed by atoms with Crippen molar-refractivity contribution in [3.05, 3.63) is 11.7 Å². The first-order chi connectivity index (χ1) is 9.17. The average molecular weight is 269 g/mol. The predicted molar refractivity (Wildman–Crippen MR) is 75.1 cm³/mol. The van der Waals surface area contributed by atoms with Crippen LogP contribution in [0.1, 0.15) is 70.7 Å². The third-order valence-electron chi connectivity index (χ3n) is 3.47. The van der Waals surface area contributed by atoms with Crippen molar-refractivity contribution >= 4 is 0 Å². The van der Waals surface area contributed by atoms with Crippen molar-refractivity contribution in [2.45, 2.75) is 65.0 Å². The van der Waals surface area contributed by atoms with E-state index < -0.39 is 0 Å². The fraction of sp³-hybridized carbons (Fsp3) is 0.857. The molecular formula is C14H27N3O2. The maximum atomic E-state index is 5.43. The van der Waals surface area contributed by atoms with Crippen molar-refractivity contribution in [1.29, 1.82) is 0 Å². The Labute approximate surface area is 116 Å². The molecule has 1 aromatic rings. The molecule has 110 valence electrons. The first-order valence-electron chi connectivity index (χ1n) is 7.27. The molecule has 1 aromatic heterocycles. The lowest BCUT2D eigenvalue weighted by molar-refractivity contribution is 0.0854. The molecule has 1 heterocycles. The van der Waals surface area contributed by atoms with Gasteiger partial charge in [-0.25, -0.2) is 0 Å². The third-order valence-corrected chi connectivity index (χ3v) is 3.47. The summed E-state index contributed by atoms with van der Waals surface area (Å²) in [6.07, 6.45) is 2.86. The van der Waals surface area contributed by atoms with E-state index in [2.05, 4.69) is 43.2 Å². The highest BCUT2D eigenvalue weighted by molar-refractivity contribution is 5.00. The van der Waals surface area contributed by atoms with Crippen LogP contribution >= 0.6 is 0 Å². The van der Waals surface area contributed by atoms with Gasteiger partial charge in [0.2, 0.25) is 11.7 Å². The van der Waals surface area contributed by atoms with Crippen molar-refractivity contribution in [1.82, 2.24) is 15.5 Å². The Morgan fingerprint density at radius 3 is 2.58 bits per heavy atom. The average Bonchev–Trinajstić information content (AvgIpc) is 2.86. The summed E-state index contributed by atoms with van der Waals surface area (Å²) in [5.41, 5.74) is 0. The van der Waals surface area contributed by atoms with Crippen LogP contribution in [0.5, 0.6) is 0 Å². The van der Waals surface area contributed by atoms with E-state index >= 15 is 0 Å². The molecule has 0 saturated heterocycles. The summed E-state index contributed by atoms with van der Waals surface area (Å²) in [7, 11) is 1.69. The lowest BCUT2D eigenvalue weighted by Gasteiger charge is -2.19. The second kappa shape index (κ2) is 8.27. The molecule has 0 bridgehead atoms. The fourth-order valence-corrected chi connectivity index (χ4v) is 2.35. The zero-order chi connectivity index (χ0) is 14.3. The first kappa shape index (κ1) is 16.1. The summed E-state index contributed by atoms with van der Waals surface area (Å²) >= 11 is 0. The summed E-state index contributed by atoms with van der Waals surface area (Å²) in [6.45, 7) is 9.46. The van der Waals surface area contributed by atoms with Gasteiger partial charge in [0, 0.05) is 13.2 Å². The first-order valence-corrected chi connectivity index (χ1v) is 7.27. The molecule has 3 unspecified atom stereocenters. The van der Waals surface area contributed by atoms with Gasteiger partial charge < -0.3 is 14.6 Å². The molecule has 0 amide bonds. The largest absolute Gasteiger partial charge is 0.373 e. The number of hydrogen-bond donors (Lipinski definition) is 1. The Bertz CT molecular complexity index is 354. The van der Waals surface area contributed by atoms with Crippen molar-refractivity contribution < 1.29 is 9.26 Å². The molecule has 0 saturated carbocycles. The van der Waals surface area contributed by atoms with Gasteiger partial charge in [0.15, 0.2) is 0 Å². The molecule has 19 heavy (non-hydrogen) atoms. The van der Waals surface area contributed by atoms with E-state index in [1.165, 1.54) is 0 Å². The number of hydrogen-bond acceptors (Lipinski definition) is 5. The molecule has 5 heteroatoms. The minimum atomic E-state index is -0.0607. The molecule has 3 atom stereocenters. The molecular weight excluding hydrogens is 242 g/mol. The Morgan fingerprint density at radius 2 is 2.05 bits per heavy atom. The number of ether oxygens (including phenoxy) is 1. The van der Waals surface area contributed by atoms with E-state index in [-0.39, 0.29) is 12.0 Å². The van der Waals surface area contributed by atoms with Crippen LogP contribution in [0.15, 0.2) is 4.52 Å². The third kappa shape index (κ3) is 4.28.